The number of carbonyl (C=O) groups excluding carboxylic acids is 2. The summed E-state index contributed by atoms with van der Waals surface area (Å²) < 4.78 is 52.0. The van der Waals surface area contributed by atoms with Gasteiger partial charge < -0.3 is 14.2 Å². The molecule has 6 nitrogen and oxygen atoms in total. The van der Waals surface area contributed by atoms with Crippen molar-refractivity contribution in [2.45, 2.75) is 50.8 Å². The summed E-state index contributed by atoms with van der Waals surface area (Å²) in [6.45, 7) is 2.38. The second-order valence-corrected chi connectivity index (χ2v) is 8.05. The number of halogens is 3. The third kappa shape index (κ3) is 7.50. The molecule has 0 aromatic heterocycles. The summed E-state index contributed by atoms with van der Waals surface area (Å²) in [4.78, 5) is 24.1. The van der Waals surface area contributed by atoms with Gasteiger partial charge in [0.05, 0.1) is 25.7 Å². The number of rotatable bonds is 7. The van der Waals surface area contributed by atoms with E-state index in [1.165, 1.54) is 32.1 Å². The fourth-order valence-electron chi connectivity index (χ4n) is 3.92. The van der Waals surface area contributed by atoms with Crippen LogP contribution in [0.15, 0.2) is 24.3 Å². The molecule has 1 saturated carbocycles. The summed E-state index contributed by atoms with van der Waals surface area (Å²) in [5.74, 6) is -2.23. The van der Waals surface area contributed by atoms with Crippen molar-refractivity contribution < 1.29 is 37.0 Å². The molecule has 2 fully saturated rings. The second-order valence-electron chi connectivity index (χ2n) is 8.05. The van der Waals surface area contributed by atoms with Crippen molar-refractivity contribution >= 4 is 11.9 Å². The number of nitrogens with zero attached hydrogens (tertiary/aromatic N) is 1. The molecule has 3 rings (SSSR count). The average molecular weight is 443 g/mol. The molecule has 2 aliphatic rings. The van der Waals surface area contributed by atoms with Crippen molar-refractivity contribution in [2.75, 3.05) is 32.8 Å². The predicted octanol–water partition coefficient (Wildman–Crippen LogP) is 4.04. The van der Waals surface area contributed by atoms with Crippen LogP contribution in [0.2, 0.25) is 0 Å². The minimum absolute atomic E-state index is 0.187. The van der Waals surface area contributed by atoms with Crippen LogP contribution < -0.4 is 4.74 Å². The van der Waals surface area contributed by atoms with Gasteiger partial charge in [-0.1, -0.05) is 31.4 Å². The Kier molecular flexibility index (Phi) is 8.31. The molecule has 1 atom stereocenters. The van der Waals surface area contributed by atoms with Gasteiger partial charge in [0.1, 0.15) is 5.75 Å². The van der Waals surface area contributed by atoms with Gasteiger partial charge in [0.25, 0.3) is 0 Å². The minimum Gasteiger partial charge on any atom is -0.493 e. The summed E-state index contributed by atoms with van der Waals surface area (Å²) in [5, 5.41) is 0. The molecule has 1 unspecified atom stereocenters. The van der Waals surface area contributed by atoms with E-state index >= 15 is 0 Å². The van der Waals surface area contributed by atoms with Gasteiger partial charge in [-0.3, -0.25) is 9.69 Å². The quantitative estimate of drug-likeness (QED) is 0.468. The van der Waals surface area contributed by atoms with Gasteiger partial charge >= 0.3 is 18.1 Å². The fourth-order valence-corrected chi connectivity index (χ4v) is 3.92. The lowest BCUT2D eigenvalue weighted by Crippen LogP contribution is -2.39. The first-order chi connectivity index (χ1) is 14.8. The van der Waals surface area contributed by atoms with Crippen LogP contribution in [0.5, 0.6) is 5.75 Å². The highest BCUT2D eigenvalue weighted by Gasteiger charge is 2.42. The lowest BCUT2D eigenvalue weighted by Gasteiger charge is -2.33. The van der Waals surface area contributed by atoms with E-state index in [-0.39, 0.29) is 19.1 Å². The van der Waals surface area contributed by atoms with Crippen LogP contribution in [-0.2, 0) is 19.1 Å². The standard InChI is InChI=1S/C22H28F3NO5/c23-22(24,25)21(28)31-20(27)10-11-26-12-13-29-19(14-26)17-6-8-18(9-7-17)30-15-16-4-2-1-3-5-16/h6-9,16,19H,1-5,10-15H2. The SMILES string of the molecule is O=C(CCN1CCOC(c2ccc(OCC3CCCCC3)cc2)C1)OC(=O)C(F)(F)F. The molecular weight excluding hydrogens is 415 g/mol. The first kappa shape index (κ1) is 23.5. The highest BCUT2D eigenvalue weighted by atomic mass is 19.4. The van der Waals surface area contributed by atoms with Crippen molar-refractivity contribution in [3.05, 3.63) is 29.8 Å². The van der Waals surface area contributed by atoms with E-state index in [1.807, 2.05) is 29.2 Å². The van der Waals surface area contributed by atoms with Gasteiger partial charge in [0.15, 0.2) is 0 Å². The fraction of sp³-hybridized carbons (Fsp3) is 0.636. The van der Waals surface area contributed by atoms with Crippen LogP contribution in [0.25, 0.3) is 0 Å². The molecule has 0 N–H and O–H groups in total. The number of hydrogen-bond acceptors (Lipinski definition) is 6. The number of benzene rings is 1. The summed E-state index contributed by atoms with van der Waals surface area (Å²) in [6.07, 6.45) is 0.625. The van der Waals surface area contributed by atoms with Crippen LogP contribution in [0, 0.1) is 5.92 Å². The molecule has 0 bridgehead atoms. The zero-order chi connectivity index (χ0) is 22.3. The molecular formula is C22H28F3NO5. The molecule has 1 aromatic carbocycles. The lowest BCUT2D eigenvalue weighted by atomic mass is 9.90. The van der Waals surface area contributed by atoms with Gasteiger partial charge in [-0.05, 0) is 36.5 Å². The Hall–Kier alpha value is -2.13. The van der Waals surface area contributed by atoms with Crippen LogP contribution in [0.1, 0.15) is 50.2 Å². The van der Waals surface area contributed by atoms with Crippen LogP contribution >= 0.6 is 0 Å². The van der Waals surface area contributed by atoms with Crippen molar-refractivity contribution in [1.82, 2.24) is 4.90 Å². The Morgan fingerprint density at radius 1 is 1.10 bits per heavy atom. The highest BCUT2D eigenvalue weighted by molar-refractivity contribution is 5.88. The summed E-state index contributed by atoms with van der Waals surface area (Å²) in [7, 11) is 0. The van der Waals surface area contributed by atoms with Crippen molar-refractivity contribution in [3.63, 3.8) is 0 Å². The van der Waals surface area contributed by atoms with Crippen LogP contribution in [0.3, 0.4) is 0 Å². The largest absolute Gasteiger partial charge is 0.493 e. The first-order valence-corrected chi connectivity index (χ1v) is 10.7. The van der Waals surface area contributed by atoms with E-state index < -0.39 is 18.1 Å². The summed E-state index contributed by atoms with van der Waals surface area (Å²) in [5.41, 5.74) is 0.963. The van der Waals surface area contributed by atoms with Gasteiger partial charge in [0.2, 0.25) is 0 Å². The van der Waals surface area contributed by atoms with Gasteiger partial charge in [-0.2, -0.15) is 13.2 Å². The number of carbonyl (C=O) groups is 2. The molecule has 9 heteroatoms. The number of ether oxygens (including phenoxy) is 3. The van der Waals surface area contributed by atoms with Crippen molar-refractivity contribution in [2.24, 2.45) is 5.92 Å². The maximum atomic E-state index is 12.2. The maximum absolute atomic E-state index is 12.2. The van der Waals surface area contributed by atoms with Gasteiger partial charge in [-0.25, -0.2) is 4.79 Å². The Morgan fingerprint density at radius 3 is 2.48 bits per heavy atom. The number of alkyl halides is 3. The predicted molar refractivity (Wildman–Crippen MR) is 105 cm³/mol. The topological polar surface area (TPSA) is 65.1 Å². The molecule has 1 aliphatic heterocycles. The molecule has 1 saturated heterocycles. The zero-order valence-corrected chi connectivity index (χ0v) is 17.4. The number of morpholine rings is 1. The Morgan fingerprint density at radius 2 is 1.81 bits per heavy atom. The Bertz CT molecular complexity index is 732. The molecule has 1 aromatic rings. The zero-order valence-electron chi connectivity index (χ0n) is 17.4. The van der Waals surface area contributed by atoms with Crippen molar-refractivity contribution in [1.29, 1.82) is 0 Å². The lowest BCUT2D eigenvalue weighted by molar-refractivity contribution is -0.202. The third-order valence-electron chi connectivity index (χ3n) is 5.68. The monoisotopic (exact) mass is 443 g/mol. The van der Waals surface area contributed by atoms with E-state index in [0.29, 0.717) is 25.6 Å². The van der Waals surface area contributed by atoms with E-state index in [4.69, 9.17) is 9.47 Å². The van der Waals surface area contributed by atoms with Crippen LogP contribution in [0.4, 0.5) is 13.2 Å². The molecule has 172 valence electrons. The van der Waals surface area contributed by atoms with Gasteiger partial charge in [-0.15, -0.1) is 0 Å². The summed E-state index contributed by atoms with van der Waals surface area (Å²) in [6, 6.07) is 7.72. The normalized spacial score (nSPS) is 20.9. The van der Waals surface area contributed by atoms with Crippen molar-refractivity contribution in [3.8, 4) is 5.75 Å². The molecule has 1 aliphatic carbocycles. The smallest absolute Gasteiger partial charge is 0.491 e. The molecule has 0 spiro atoms. The van der Waals surface area contributed by atoms with Crippen LogP contribution in [-0.4, -0.2) is 55.9 Å². The molecule has 0 amide bonds. The molecule has 31 heavy (non-hydrogen) atoms. The van der Waals surface area contributed by atoms with E-state index in [1.54, 1.807) is 0 Å². The third-order valence-corrected chi connectivity index (χ3v) is 5.68. The Labute approximate surface area is 179 Å². The van der Waals surface area contributed by atoms with Gasteiger partial charge in [0, 0.05) is 19.6 Å². The second kappa shape index (κ2) is 10.9. The maximum Gasteiger partial charge on any atom is 0.491 e. The minimum atomic E-state index is -5.17. The van der Waals surface area contributed by atoms with E-state index in [9.17, 15) is 22.8 Å². The molecule has 1 heterocycles. The summed E-state index contributed by atoms with van der Waals surface area (Å²) >= 11 is 0. The molecule has 0 radical (unpaired) electrons. The number of esters is 2. The first-order valence-electron chi connectivity index (χ1n) is 10.7. The highest BCUT2D eigenvalue weighted by Crippen LogP contribution is 2.27. The van der Waals surface area contributed by atoms with E-state index in [2.05, 4.69) is 4.74 Å². The van der Waals surface area contributed by atoms with E-state index in [0.717, 1.165) is 17.9 Å². The Balaban J connectivity index is 1.43. The number of hydrogen-bond donors (Lipinski definition) is 0. The average Bonchev–Trinajstić information content (AvgIpc) is 2.77.